The Bertz CT molecular complexity index is 1590. The minimum absolute atomic E-state index is 0.0246. The molecule has 47 heavy (non-hydrogen) atoms. The lowest BCUT2D eigenvalue weighted by Crippen LogP contribution is -2.40. The molecule has 0 bridgehead atoms. The SMILES string of the molecule is C=CC1C(=O)N[C@@]2(CC3N/C(=C\[C@]45NN4/C(=C/C4NC(=O)[C@H](C)[C@H]4CCS)C(C)=C5CCC(=O)O)C([C@@H](O)CC(=O)O)=C3C)O[C@@]12C. The number of ether oxygens (including phenoxy) is 1. The third-order valence-corrected chi connectivity index (χ3v) is 11.3. The van der Waals surface area contributed by atoms with Crippen LogP contribution in [0, 0.1) is 17.8 Å². The molecule has 7 N–H and O–H groups in total. The zero-order valence-electron chi connectivity index (χ0n) is 26.9. The van der Waals surface area contributed by atoms with Crippen molar-refractivity contribution < 1.29 is 39.2 Å². The van der Waals surface area contributed by atoms with Crippen LogP contribution in [-0.4, -0.2) is 85.0 Å². The Balaban J connectivity index is 1.36. The molecule has 14 heteroatoms. The van der Waals surface area contributed by atoms with Gasteiger partial charge in [0, 0.05) is 30.0 Å². The molecule has 4 fully saturated rings. The van der Waals surface area contributed by atoms with Gasteiger partial charge in [-0.1, -0.05) is 13.0 Å². The molecule has 6 rings (SSSR count). The maximum Gasteiger partial charge on any atom is 0.306 e. The Morgan fingerprint density at radius 1 is 1.17 bits per heavy atom. The van der Waals surface area contributed by atoms with Gasteiger partial charge in [0.1, 0.15) is 5.60 Å². The number of fused-ring (bicyclic) bond motifs is 2. The zero-order valence-corrected chi connectivity index (χ0v) is 27.8. The molecule has 6 aliphatic rings. The first kappa shape index (κ1) is 33.3. The van der Waals surface area contributed by atoms with Crippen LogP contribution in [0.1, 0.15) is 59.8 Å². The number of nitrogens with zero attached hydrogens (tertiary/aromatic N) is 1. The summed E-state index contributed by atoms with van der Waals surface area (Å²) in [6, 6.07) is -0.645. The second kappa shape index (κ2) is 11.5. The highest BCUT2D eigenvalue weighted by Crippen LogP contribution is 2.59. The van der Waals surface area contributed by atoms with Crippen molar-refractivity contribution in [2.45, 2.75) is 95.0 Å². The number of aliphatic hydroxyl groups is 1. The van der Waals surface area contributed by atoms with Gasteiger partial charge in [-0.15, -0.1) is 6.58 Å². The van der Waals surface area contributed by atoms with E-state index in [-0.39, 0.29) is 42.5 Å². The van der Waals surface area contributed by atoms with Gasteiger partial charge in [0.2, 0.25) is 11.8 Å². The lowest BCUT2D eigenvalue weighted by molar-refractivity contribution is -0.139. The Hall–Kier alpha value is -3.59. The summed E-state index contributed by atoms with van der Waals surface area (Å²) in [6.07, 6.45) is 4.82. The molecule has 2 amide bonds. The predicted molar refractivity (Wildman–Crippen MR) is 173 cm³/mol. The number of carbonyl (C=O) groups is 4. The summed E-state index contributed by atoms with van der Waals surface area (Å²) in [5, 5.41) is 41.8. The van der Waals surface area contributed by atoms with Crippen molar-refractivity contribution in [2.75, 3.05) is 5.75 Å². The number of hydrazine groups is 1. The molecule has 3 unspecified atom stereocenters. The number of hydrogen-bond donors (Lipinski definition) is 8. The molecule has 254 valence electrons. The number of aliphatic hydroxyl groups excluding tert-OH is 1. The average Bonchev–Trinajstić information content (AvgIpc) is 3.67. The van der Waals surface area contributed by atoms with Gasteiger partial charge in [-0.2, -0.15) is 18.1 Å². The number of rotatable bonds is 13. The van der Waals surface area contributed by atoms with Crippen molar-refractivity contribution in [3.05, 3.63) is 58.5 Å². The molecule has 9 atom stereocenters. The number of allylic oxidation sites excluding steroid dienone is 1. The van der Waals surface area contributed by atoms with Crippen molar-refractivity contribution >= 4 is 36.4 Å². The number of carboxylic acids is 2. The molecule has 0 radical (unpaired) electrons. The van der Waals surface area contributed by atoms with Gasteiger partial charge in [0.05, 0.1) is 36.2 Å². The minimum atomic E-state index is -1.33. The van der Waals surface area contributed by atoms with Crippen molar-refractivity contribution in [2.24, 2.45) is 17.8 Å². The van der Waals surface area contributed by atoms with Crippen molar-refractivity contribution in [3.63, 3.8) is 0 Å². The predicted octanol–water partition coefficient (Wildman–Crippen LogP) is 1.47. The molecule has 6 heterocycles. The van der Waals surface area contributed by atoms with Gasteiger partial charge in [-0.3, -0.25) is 24.2 Å². The lowest BCUT2D eigenvalue weighted by atomic mass is 9.87. The van der Waals surface area contributed by atoms with E-state index in [0.717, 1.165) is 28.8 Å². The summed E-state index contributed by atoms with van der Waals surface area (Å²) in [4.78, 5) is 48.7. The standard InChI is InChI=1S/C33H43N5O8S/c1-6-19-30(45)36-33(31(19,5)46-33)14-22-17(4)28(25(39)12-27(42)43)23(34-22)13-32-20(7-8-26(40)41)16(3)24(38(32)37-32)11-21-18(9-10-47)15(2)29(44)35-21/h6,11,13,15,18-19,21-22,25,34,37,39,47H,1,7-10,12,14H2,2-5H3,(H,35,44)(H,36,45)(H,40,41)(H,42,43)/b23-13-,24-11+/t15-,18-,19?,21?,22?,25+,31+,32+,33+,38?/m1/s1. The van der Waals surface area contributed by atoms with Gasteiger partial charge < -0.3 is 36.0 Å². The van der Waals surface area contributed by atoms with Crippen molar-refractivity contribution in [1.82, 2.24) is 26.4 Å². The van der Waals surface area contributed by atoms with Crippen LogP contribution in [0.3, 0.4) is 0 Å². The van der Waals surface area contributed by atoms with Crippen LogP contribution in [0.15, 0.2) is 58.5 Å². The van der Waals surface area contributed by atoms with E-state index >= 15 is 0 Å². The minimum Gasteiger partial charge on any atom is -0.481 e. The summed E-state index contributed by atoms with van der Waals surface area (Å²) >= 11 is 4.40. The highest BCUT2D eigenvalue weighted by molar-refractivity contribution is 7.80. The van der Waals surface area contributed by atoms with E-state index in [1.807, 2.05) is 44.9 Å². The summed E-state index contributed by atoms with van der Waals surface area (Å²) in [6.45, 7) is 11.3. The monoisotopic (exact) mass is 669 g/mol. The Morgan fingerprint density at radius 3 is 2.51 bits per heavy atom. The number of aliphatic carboxylic acids is 2. The molecule has 0 aliphatic carbocycles. The molecular formula is C33H43N5O8S. The van der Waals surface area contributed by atoms with Gasteiger partial charge in [-0.05, 0) is 74.2 Å². The Morgan fingerprint density at radius 2 is 1.89 bits per heavy atom. The first-order chi connectivity index (χ1) is 22.1. The number of carbonyl (C=O) groups excluding carboxylic acids is 2. The molecule has 0 spiro atoms. The quantitative estimate of drug-likeness (QED) is 0.0802. The molecule has 0 aromatic carbocycles. The van der Waals surface area contributed by atoms with Crippen LogP contribution in [0.25, 0.3) is 0 Å². The number of hydrogen-bond acceptors (Lipinski definition) is 10. The number of thiol groups is 1. The molecule has 4 saturated heterocycles. The molecule has 0 aromatic rings. The fraction of sp³-hybridized carbons (Fsp3) is 0.576. The third-order valence-electron chi connectivity index (χ3n) is 11.0. The lowest BCUT2D eigenvalue weighted by Gasteiger charge is -2.19. The second-order valence-corrected chi connectivity index (χ2v) is 14.1. The van der Waals surface area contributed by atoms with E-state index in [1.54, 1.807) is 6.08 Å². The van der Waals surface area contributed by atoms with Crippen LogP contribution in [0.5, 0.6) is 0 Å². The Labute approximate surface area is 278 Å². The normalized spacial score (nSPS) is 39.2. The number of nitrogens with one attached hydrogen (secondary N) is 4. The number of epoxide rings is 1. The van der Waals surface area contributed by atoms with E-state index < -0.39 is 53.4 Å². The van der Waals surface area contributed by atoms with E-state index in [2.05, 4.69) is 40.6 Å². The maximum absolute atomic E-state index is 12.7. The summed E-state index contributed by atoms with van der Waals surface area (Å²) < 4.78 is 6.11. The highest BCUT2D eigenvalue weighted by atomic mass is 32.1. The van der Waals surface area contributed by atoms with E-state index in [9.17, 15) is 34.5 Å². The summed E-state index contributed by atoms with van der Waals surface area (Å²) in [7, 11) is 0. The largest absolute Gasteiger partial charge is 0.481 e. The van der Waals surface area contributed by atoms with Gasteiger partial charge in [-0.25, -0.2) is 0 Å². The molecule has 13 nitrogen and oxygen atoms in total. The zero-order chi connectivity index (χ0) is 34.2. The molecule has 6 aliphatic heterocycles. The van der Waals surface area contributed by atoms with Gasteiger partial charge in [0.25, 0.3) is 0 Å². The highest BCUT2D eigenvalue weighted by Gasteiger charge is 2.77. The van der Waals surface area contributed by atoms with Crippen LogP contribution in [-0.2, 0) is 23.9 Å². The molecular weight excluding hydrogens is 626 g/mol. The van der Waals surface area contributed by atoms with Crippen molar-refractivity contribution in [1.29, 1.82) is 0 Å². The molecule has 0 aromatic heterocycles. The Kier molecular flexibility index (Phi) is 8.17. The maximum atomic E-state index is 12.7. The summed E-state index contributed by atoms with van der Waals surface area (Å²) in [5.41, 5.74) is 4.95. The summed E-state index contributed by atoms with van der Waals surface area (Å²) in [5.74, 6) is -2.33. The molecule has 0 saturated carbocycles. The first-order valence-corrected chi connectivity index (χ1v) is 16.6. The van der Waals surface area contributed by atoms with Gasteiger partial charge >= 0.3 is 11.9 Å². The number of carboxylic acid groups (broad SMARTS) is 2. The van der Waals surface area contributed by atoms with Crippen LogP contribution in [0.4, 0.5) is 0 Å². The van der Waals surface area contributed by atoms with Gasteiger partial charge in [0.15, 0.2) is 11.4 Å². The average molecular weight is 670 g/mol. The first-order valence-electron chi connectivity index (χ1n) is 16.0. The fourth-order valence-corrected chi connectivity index (χ4v) is 8.58. The third kappa shape index (κ3) is 5.20. The van der Waals surface area contributed by atoms with Crippen molar-refractivity contribution in [3.8, 4) is 0 Å². The fourth-order valence-electron chi connectivity index (χ4n) is 8.28. The topological polar surface area (TPSA) is 203 Å². The van der Waals surface area contributed by atoms with E-state index in [1.165, 1.54) is 0 Å². The van der Waals surface area contributed by atoms with Crippen LogP contribution < -0.4 is 21.4 Å². The van der Waals surface area contributed by atoms with Crippen LogP contribution in [0.2, 0.25) is 0 Å². The van der Waals surface area contributed by atoms with Crippen LogP contribution >= 0.6 is 12.6 Å². The second-order valence-electron chi connectivity index (χ2n) is 13.7. The van der Waals surface area contributed by atoms with E-state index in [4.69, 9.17) is 4.74 Å². The number of amides is 2. The van der Waals surface area contributed by atoms with E-state index in [0.29, 0.717) is 23.4 Å². The smallest absolute Gasteiger partial charge is 0.306 e.